The second-order valence-corrected chi connectivity index (χ2v) is 9.46. The van der Waals surface area contributed by atoms with Crippen LogP contribution in [0.1, 0.15) is 20.7 Å². The average molecular weight is 438 g/mol. The largest absolute Gasteiger partial charge is 0.465 e. The van der Waals surface area contributed by atoms with E-state index in [4.69, 9.17) is 9.47 Å². The van der Waals surface area contributed by atoms with Crippen molar-refractivity contribution in [3.63, 3.8) is 0 Å². The summed E-state index contributed by atoms with van der Waals surface area (Å²) in [7, 11) is -2.51. The molecule has 0 N–H and O–H groups in total. The van der Waals surface area contributed by atoms with Gasteiger partial charge in [-0.3, -0.25) is 4.79 Å². The number of esters is 1. The summed E-state index contributed by atoms with van der Waals surface area (Å²) in [5.74, 6) is 0.130. The van der Waals surface area contributed by atoms with Crippen molar-refractivity contribution < 1.29 is 32.2 Å². The first-order valence-corrected chi connectivity index (χ1v) is 11.1. The Morgan fingerprint density at radius 2 is 1.90 bits per heavy atom. The van der Waals surface area contributed by atoms with Gasteiger partial charge in [-0.2, -0.15) is 4.31 Å². The Morgan fingerprint density at radius 3 is 2.62 bits per heavy atom. The van der Waals surface area contributed by atoms with E-state index in [1.165, 1.54) is 22.9 Å². The van der Waals surface area contributed by atoms with Crippen LogP contribution in [-0.2, 0) is 14.8 Å². The van der Waals surface area contributed by atoms with E-state index in [1.807, 2.05) is 0 Å². The molecule has 3 heterocycles. The zero-order chi connectivity index (χ0) is 20.6. The highest BCUT2D eigenvalue weighted by Gasteiger charge is 2.33. The highest BCUT2D eigenvalue weighted by molar-refractivity contribution is 7.91. The molecule has 9 nitrogen and oxygen atoms in total. The van der Waals surface area contributed by atoms with Gasteiger partial charge in [-0.1, -0.05) is 6.07 Å². The van der Waals surface area contributed by atoms with Crippen molar-refractivity contribution in [1.82, 2.24) is 9.21 Å². The van der Waals surface area contributed by atoms with Crippen LogP contribution in [-0.4, -0.2) is 69.6 Å². The number of hydrogen-bond donors (Lipinski definition) is 0. The molecular formula is C18H18N2O7S2. The van der Waals surface area contributed by atoms with Crippen LogP contribution in [0, 0.1) is 0 Å². The van der Waals surface area contributed by atoms with Crippen molar-refractivity contribution in [3.05, 3.63) is 40.8 Å². The van der Waals surface area contributed by atoms with Crippen LogP contribution in [0.3, 0.4) is 0 Å². The Kier molecular flexibility index (Phi) is 5.19. The molecule has 29 heavy (non-hydrogen) atoms. The number of ether oxygens (including phenoxy) is 3. The summed E-state index contributed by atoms with van der Waals surface area (Å²) in [5, 5.41) is 1.45. The summed E-state index contributed by atoms with van der Waals surface area (Å²) in [6, 6.07) is 6.43. The van der Waals surface area contributed by atoms with Gasteiger partial charge in [-0.25, -0.2) is 13.2 Å². The number of rotatable bonds is 4. The lowest BCUT2D eigenvalue weighted by Gasteiger charge is -2.33. The van der Waals surface area contributed by atoms with Crippen molar-refractivity contribution >= 4 is 33.2 Å². The third-order valence-corrected chi connectivity index (χ3v) is 8.06. The number of sulfonamides is 1. The maximum absolute atomic E-state index is 12.9. The van der Waals surface area contributed by atoms with E-state index in [0.29, 0.717) is 17.1 Å². The first kappa shape index (κ1) is 19.7. The van der Waals surface area contributed by atoms with E-state index < -0.39 is 16.0 Å². The van der Waals surface area contributed by atoms with Gasteiger partial charge < -0.3 is 19.1 Å². The maximum Gasteiger partial charge on any atom is 0.338 e. The monoisotopic (exact) mass is 438 g/mol. The summed E-state index contributed by atoms with van der Waals surface area (Å²) in [5.41, 5.74) is 0.599. The molecule has 0 spiro atoms. The summed E-state index contributed by atoms with van der Waals surface area (Å²) in [6.45, 7) is 0.882. The Labute approximate surface area is 171 Å². The molecule has 0 bridgehead atoms. The van der Waals surface area contributed by atoms with Gasteiger partial charge in [0.25, 0.3) is 15.9 Å². The number of nitrogens with zero attached hydrogens (tertiary/aromatic N) is 2. The number of para-hydroxylation sites is 1. The number of thiophene rings is 1. The molecule has 0 unspecified atom stereocenters. The first-order valence-electron chi connectivity index (χ1n) is 8.76. The third kappa shape index (κ3) is 3.56. The number of hydrogen-bond acceptors (Lipinski definition) is 8. The van der Waals surface area contributed by atoms with E-state index in [-0.39, 0.29) is 48.7 Å². The third-order valence-electron chi connectivity index (χ3n) is 4.74. The lowest BCUT2D eigenvalue weighted by atomic mass is 10.1. The van der Waals surface area contributed by atoms with E-state index in [0.717, 1.165) is 11.3 Å². The van der Waals surface area contributed by atoms with Crippen molar-refractivity contribution in [2.45, 2.75) is 4.21 Å². The highest BCUT2D eigenvalue weighted by atomic mass is 32.2. The highest BCUT2D eigenvalue weighted by Crippen LogP contribution is 2.36. The molecule has 0 saturated carbocycles. The van der Waals surface area contributed by atoms with Crippen LogP contribution in [0.2, 0.25) is 0 Å². The van der Waals surface area contributed by atoms with Crippen LogP contribution < -0.4 is 9.47 Å². The normalized spacial score (nSPS) is 16.7. The fourth-order valence-electron chi connectivity index (χ4n) is 3.20. The Morgan fingerprint density at radius 1 is 1.14 bits per heavy atom. The standard InChI is InChI=1S/C18H18N2O7S2/c1-25-18(22)12-9-15(28-10-12)29(23,24)20-7-5-19(6-8-20)17(21)13-3-2-4-14-16(13)27-11-26-14/h2-4,9-10H,5-8,11H2,1H3. The molecular weight excluding hydrogens is 420 g/mol. The minimum Gasteiger partial charge on any atom is -0.465 e. The van der Waals surface area contributed by atoms with Crippen molar-refractivity contribution in [2.75, 3.05) is 40.1 Å². The molecule has 0 atom stereocenters. The fourth-order valence-corrected chi connectivity index (χ4v) is 5.93. The second-order valence-electron chi connectivity index (χ2n) is 6.38. The van der Waals surface area contributed by atoms with Crippen molar-refractivity contribution in [1.29, 1.82) is 0 Å². The number of carbonyl (C=O) groups is 2. The van der Waals surface area contributed by atoms with Crippen LogP contribution in [0.5, 0.6) is 11.5 Å². The molecule has 11 heteroatoms. The van der Waals surface area contributed by atoms with E-state index in [2.05, 4.69) is 4.74 Å². The lowest BCUT2D eigenvalue weighted by Crippen LogP contribution is -2.50. The topological polar surface area (TPSA) is 102 Å². The van der Waals surface area contributed by atoms with Gasteiger partial charge in [0, 0.05) is 31.6 Å². The molecule has 1 aromatic carbocycles. The summed E-state index contributed by atoms with van der Waals surface area (Å²) < 4.78 is 42.4. The molecule has 154 valence electrons. The van der Waals surface area contributed by atoms with Gasteiger partial charge in [0.05, 0.1) is 18.2 Å². The molecule has 2 aromatic rings. The van der Waals surface area contributed by atoms with Crippen molar-refractivity contribution in [3.8, 4) is 11.5 Å². The zero-order valence-electron chi connectivity index (χ0n) is 15.5. The van der Waals surface area contributed by atoms with E-state index in [1.54, 1.807) is 23.1 Å². The maximum atomic E-state index is 12.9. The number of benzene rings is 1. The number of amides is 1. The number of methoxy groups -OCH3 is 1. The SMILES string of the molecule is COC(=O)c1csc(S(=O)(=O)N2CCN(C(=O)c3cccc4c3OCO4)CC2)c1. The number of piperazine rings is 1. The quantitative estimate of drug-likeness (QED) is 0.665. The van der Waals surface area contributed by atoms with Gasteiger partial charge in [-0.05, 0) is 18.2 Å². The molecule has 4 rings (SSSR count). The van der Waals surface area contributed by atoms with Crippen molar-refractivity contribution in [2.24, 2.45) is 0 Å². The van der Waals surface area contributed by atoms with Gasteiger partial charge in [0.15, 0.2) is 11.5 Å². The number of carbonyl (C=O) groups excluding carboxylic acids is 2. The smallest absolute Gasteiger partial charge is 0.338 e. The molecule has 2 aliphatic heterocycles. The average Bonchev–Trinajstić information content (AvgIpc) is 3.42. The van der Waals surface area contributed by atoms with Gasteiger partial charge in [-0.15, -0.1) is 11.3 Å². The molecule has 1 saturated heterocycles. The molecule has 0 radical (unpaired) electrons. The molecule has 1 fully saturated rings. The molecule has 1 aromatic heterocycles. The van der Waals surface area contributed by atoms with E-state index >= 15 is 0 Å². The minimum absolute atomic E-state index is 0.0695. The van der Waals surface area contributed by atoms with Crippen LogP contribution in [0.4, 0.5) is 0 Å². The fraction of sp³-hybridized carbons (Fsp3) is 0.333. The number of fused-ring (bicyclic) bond motifs is 1. The second kappa shape index (κ2) is 7.65. The predicted octanol–water partition coefficient (Wildman–Crippen LogP) is 1.41. The molecule has 1 amide bonds. The van der Waals surface area contributed by atoms with Crippen LogP contribution in [0.15, 0.2) is 33.9 Å². The molecule has 0 aliphatic carbocycles. The molecule has 2 aliphatic rings. The van der Waals surface area contributed by atoms with E-state index in [9.17, 15) is 18.0 Å². The van der Waals surface area contributed by atoms with Crippen LogP contribution >= 0.6 is 11.3 Å². The summed E-state index contributed by atoms with van der Waals surface area (Å²) in [4.78, 5) is 26.0. The van der Waals surface area contributed by atoms with Gasteiger partial charge in [0.1, 0.15) is 4.21 Å². The van der Waals surface area contributed by atoms with Crippen LogP contribution in [0.25, 0.3) is 0 Å². The predicted molar refractivity (Wildman–Crippen MR) is 103 cm³/mol. The Bertz CT molecular complexity index is 1060. The summed E-state index contributed by atoms with van der Waals surface area (Å²) >= 11 is 0.970. The van der Waals surface area contributed by atoms with Gasteiger partial charge >= 0.3 is 5.97 Å². The summed E-state index contributed by atoms with van der Waals surface area (Å²) in [6.07, 6.45) is 0. The Hall–Kier alpha value is -2.63. The first-order chi connectivity index (χ1) is 13.9. The Balaban J connectivity index is 1.45. The lowest BCUT2D eigenvalue weighted by molar-refractivity contribution is 0.0600. The minimum atomic E-state index is -3.74. The zero-order valence-corrected chi connectivity index (χ0v) is 17.1. The van der Waals surface area contributed by atoms with Gasteiger partial charge in [0.2, 0.25) is 6.79 Å².